The summed E-state index contributed by atoms with van der Waals surface area (Å²) in [6.45, 7) is 0. The fourth-order valence-electron chi connectivity index (χ4n) is 2.43. The molecule has 2 aromatic carbocycles. The highest BCUT2D eigenvalue weighted by molar-refractivity contribution is 5.95. The summed E-state index contributed by atoms with van der Waals surface area (Å²) in [6, 6.07) is 15.4. The van der Waals surface area contributed by atoms with Crippen molar-refractivity contribution < 1.29 is 14.7 Å². The highest BCUT2D eigenvalue weighted by Crippen LogP contribution is 2.27. The third-order valence-electron chi connectivity index (χ3n) is 3.73. The summed E-state index contributed by atoms with van der Waals surface area (Å²) in [5, 5.41) is 11.4. The van der Waals surface area contributed by atoms with Gasteiger partial charge in [-0.3, -0.25) is 9.59 Å². The van der Waals surface area contributed by atoms with Gasteiger partial charge in [0.25, 0.3) is 0 Å². The van der Waals surface area contributed by atoms with E-state index in [-0.39, 0.29) is 12.3 Å². The Hall–Kier alpha value is -2.82. The van der Waals surface area contributed by atoms with E-state index >= 15 is 0 Å². The van der Waals surface area contributed by atoms with Gasteiger partial charge in [0.15, 0.2) is 0 Å². The third-order valence-corrected chi connectivity index (χ3v) is 3.73. The number of benzene rings is 2. The maximum absolute atomic E-state index is 12.0. The number of nitrogens with one attached hydrogen (secondary N) is 1. The number of nitrogens with two attached hydrogens (primary N) is 1. The van der Waals surface area contributed by atoms with Crippen LogP contribution >= 0.6 is 0 Å². The number of amides is 1. The highest BCUT2D eigenvalue weighted by Gasteiger charge is 2.07. The third kappa shape index (κ3) is 5.43. The number of hydrogen-bond donors (Lipinski definition) is 3. The number of carboxylic acid groups (broad SMARTS) is 1. The Bertz CT molecular complexity index is 699. The summed E-state index contributed by atoms with van der Waals surface area (Å²) in [5.74, 6) is -0.910. The molecule has 0 aliphatic heterocycles. The summed E-state index contributed by atoms with van der Waals surface area (Å²) in [7, 11) is 0. The predicted octanol–water partition coefficient (Wildman–Crippen LogP) is 3.91. The molecule has 0 saturated carbocycles. The molecule has 126 valence electrons. The van der Waals surface area contributed by atoms with Crippen LogP contribution in [0.15, 0.2) is 48.5 Å². The molecule has 0 unspecified atom stereocenters. The van der Waals surface area contributed by atoms with Crippen LogP contribution in [0.4, 0.5) is 11.4 Å². The maximum atomic E-state index is 12.0. The van der Waals surface area contributed by atoms with Gasteiger partial charge in [0, 0.05) is 12.8 Å². The molecule has 0 bridgehead atoms. The molecule has 0 saturated heterocycles. The molecule has 5 heteroatoms. The lowest BCUT2D eigenvalue weighted by molar-refractivity contribution is -0.137. The molecule has 0 radical (unpaired) electrons. The Morgan fingerprint density at radius 3 is 2.33 bits per heavy atom. The van der Waals surface area contributed by atoms with Crippen molar-refractivity contribution in [2.24, 2.45) is 0 Å². The Kier molecular flexibility index (Phi) is 6.37. The van der Waals surface area contributed by atoms with E-state index in [9.17, 15) is 9.59 Å². The van der Waals surface area contributed by atoms with Gasteiger partial charge in [-0.25, -0.2) is 0 Å². The first kappa shape index (κ1) is 17.5. The zero-order valence-electron chi connectivity index (χ0n) is 13.5. The lowest BCUT2D eigenvalue weighted by Crippen LogP contribution is -2.12. The number of rotatable bonds is 8. The Morgan fingerprint density at radius 2 is 1.62 bits per heavy atom. The minimum atomic E-state index is -0.801. The average molecular weight is 326 g/mol. The summed E-state index contributed by atoms with van der Waals surface area (Å²) >= 11 is 0. The van der Waals surface area contributed by atoms with E-state index in [0.717, 1.165) is 17.5 Å². The van der Waals surface area contributed by atoms with E-state index in [1.54, 1.807) is 6.07 Å². The van der Waals surface area contributed by atoms with Crippen LogP contribution in [0.2, 0.25) is 0 Å². The van der Waals surface area contributed by atoms with Crippen LogP contribution in [0.5, 0.6) is 0 Å². The molecule has 0 aromatic heterocycles. The molecule has 0 aliphatic carbocycles. The zero-order chi connectivity index (χ0) is 17.4. The van der Waals surface area contributed by atoms with Gasteiger partial charge < -0.3 is 16.2 Å². The normalized spacial score (nSPS) is 10.3. The van der Waals surface area contributed by atoms with Gasteiger partial charge in [-0.2, -0.15) is 0 Å². The van der Waals surface area contributed by atoms with Crippen molar-refractivity contribution in [3.05, 3.63) is 48.5 Å². The van der Waals surface area contributed by atoms with E-state index in [4.69, 9.17) is 10.8 Å². The molecule has 0 atom stereocenters. The number of carbonyl (C=O) groups is 2. The van der Waals surface area contributed by atoms with Crippen LogP contribution in [0.25, 0.3) is 11.1 Å². The fraction of sp³-hybridized carbons (Fsp3) is 0.263. The molecule has 5 nitrogen and oxygen atoms in total. The van der Waals surface area contributed by atoms with Gasteiger partial charge in [0.2, 0.25) is 5.91 Å². The molecule has 0 spiro atoms. The van der Waals surface area contributed by atoms with E-state index in [2.05, 4.69) is 5.32 Å². The topological polar surface area (TPSA) is 92.4 Å². The molecule has 24 heavy (non-hydrogen) atoms. The number of carboxylic acids is 1. The molecular weight excluding hydrogens is 304 g/mol. The second-order valence-electron chi connectivity index (χ2n) is 5.67. The van der Waals surface area contributed by atoms with Crippen LogP contribution in [-0.4, -0.2) is 17.0 Å². The quantitative estimate of drug-likeness (QED) is 0.506. The first-order chi connectivity index (χ1) is 11.6. The van der Waals surface area contributed by atoms with Crippen molar-refractivity contribution in [1.82, 2.24) is 0 Å². The standard InChI is InChI=1S/C19H22N2O3/c20-16-12-11-15(14-7-3-1-4-8-14)13-17(16)21-18(22)9-5-2-6-10-19(23)24/h1,3-4,7-8,11-13H,2,5-6,9-10,20H2,(H,21,22)(H,23,24). The number of aliphatic carboxylic acids is 1. The summed E-state index contributed by atoms with van der Waals surface area (Å²) in [4.78, 5) is 22.5. The van der Waals surface area contributed by atoms with Gasteiger partial charge in [-0.15, -0.1) is 0 Å². The molecular formula is C19H22N2O3. The Morgan fingerprint density at radius 1 is 0.917 bits per heavy atom. The van der Waals surface area contributed by atoms with Crippen LogP contribution in [0, 0.1) is 0 Å². The minimum Gasteiger partial charge on any atom is -0.481 e. The number of unbranched alkanes of at least 4 members (excludes halogenated alkanes) is 2. The predicted molar refractivity (Wildman–Crippen MR) is 95.6 cm³/mol. The van der Waals surface area contributed by atoms with Gasteiger partial charge in [0.05, 0.1) is 11.4 Å². The highest BCUT2D eigenvalue weighted by atomic mass is 16.4. The molecule has 0 heterocycles. The van der Waals surface area contributed by atoms with Crippen LogP contribution in [-0.2, 0) is 9.59 Å². The lowest BCUT2D eigenvalue weighted by Gasteiger charge is -2.11. The summed E-state index contributed by atoms with van der Waals surface area (Å²) in [6.07, 6.45) is 2.48. The van der Waals surface area contributed by atoms with E-state index in [1.807, 2.05) is 42.5 Å². The van der Waals surface area contributed by atoms with Crippen molar-refractivity contribution in [3.8, 4) is 11.1 Å². The number of hydrogen-bond acceptors (Lipinski definition) is 3. The minimum absolute atomic E-state index is 0.109. The first-order valence-corrected chi connectivity index (χ1v) is 8.03. The largest absolute Gasteiger partial charge is 0.481 e. The maximum Gasteiger partial charge on any atom is 0.303 e. The first-order valence-electron chi connectivity index (χ1n) is 8.03. The Labute approximate surface area is 141 Å². The Balaban J connectivity index is 1.92. The number of nitrogen functional groups attached to an aromatic ring is 1. The van der Waals surface area contributed by atoms with Crippen LogP contribution in [0.3, 0.4) is 0 Å². The van der Waals surface area contributed by atoms with Crippen molar-refractivity contribution in [3.63, 3.8) is 0 Å². The second kappa shape index (κ2) is 8.72. The van der Waals surface area contributed by atoms with Crippen molar-refractivity contribution in [2.75, 3.05) is 11.1 Å². The molecule has 1 amide bonds. The van der Waals surface area contributed by atoms with Crippen molar-refractivity contribution in [1.29, 1.82) is 0 Å². The van der Waals surface area contributed by atoms with Gasteiger partial charge in [-0.05, 0) is 36.1 Å². The molecule has 2 aromatic rings. The molecule has 0 fully saturated rings. The zero-order valence-corrected chi connectivity index (χ0v) is 13.5. The van der Waals surface area contributed by atoms with Gasteiger partial charge >= 0.3 is 5.97 Å². The van der Waals surface area contributed by atoms with Crippen molar-refractivity contribution >= 4 is 23.3 Å². The number of carbonyl (C=O) groups excluding carboxylic acids is 1. The average Bonchev–Trinajstić information content (AvgIpc) is 2.57. The summed E-state index contributed by atoms with van der Waals surface area (Å²) in [5.41, 5.74) is 9.12. The number of anilines is 2. The van der Waals surface area contributed by atoms with Crippen molar-refractivity contribution in [2.45, 2.75) is 32.1 Å². The fourth-order valence-corrected chi connectivity index (χ4v) is 2.43. The van der Waals surface area contributed by atoms with E-state index < -0.39 is 5.97 Å². The molecule has 2 rings (SSSR count). The monoisotopic (exact) mass is 326 g/mol. The van der Waals surface area contributed by atoms with Gasteiger partial charge in [-0.1, -0.05) is 42.8 Å². The van der Waals surface area contributed by atoms with Crippen LogP contribution in [0.1, 0.15) is 32.1 Å². The smallest absolute Gasteiger partial charge is 0.303 e. The second-order valence-corrected chi connectivity index (χ2v) is 5.67. The molecule has 0 aliphatic rings. The van der Waals surface area contributed by atoms with Gasteiger partial charge in [0.1, 0.15) is 0 Å². The molecule has 4 N–H and O–H groups in total. The lowest BCUT2D eigenvalue weighted by atomic mass is 10.0. The van der Waals surface area contributed by atoms with E-state index in [1.165, 1.54) is 0 Å². The van der Waals surface area contributed by atoms with E-state index in [0.29, 0.717) is 30.6 Å². The van der Waals surface area contributed by atoms with Crippen LogP contribution < -0.4 is 11.1 Å². The summed E-state index contributed by atoms with van der Waals surface area (Å²) < 4.78 is 0. The SMILES string of the molecule is Nc1ccc(-c2ccccc2)cc1NC(=O)CCCCCC(=O)O.